The lowest BCUT2D eigenvalue weighted by Crippen LogP contribution is -2.36. The van der Waals surface area contributed by atoms with Gasteiger partial charge in [-0.25, -0.2) is 5.43 Å². The van der Waals surface area contributed by atoms with Gasteiger partial charge in [-0.1, -0.05) is 60.7 Å². The molecule has 24 heavy (non-hydrogen) atoms. The number of hydrogen-bond donors (Lipinski definition) is 1. The summed E-state index contributed by atoms with van der Waals surface area (Å²) in [5.74, 6) is -0.130. The number of carbonyl (C=O) groups is 2. The maximum absolute atomic E-state index is 12.1. The third-order valence-electron chi connectivity index (χ3n) is 4.02. The molecule has 1 aliphatic rings. The van der Waals surface area contributed by atoms with Gasteiger partial charge in [-0.3, -0.25) is 9.59 Å². The van der Waals surface area contributed by atoms with Gasteiger partial charge in [0.05, 0.1) is 6.21 Å². The Bertz CT molecular complexity index is 729. The maximum Gasteiger partial charge on any atom is 0.259 e. The van der Waals surface area contributed by atoms with Crippen LogP contribution in [0, 0.1) is 0 Å². The predicted octanol–water partition coefficient (Wildman–Crippen LogP) is 2.15. The van der Waals surface area contributed by atoms with Crippen molar-refractivity contribution in [3.8, 4) is 0 Å². The quantitative estimate of drug-likeness (QED) is 0.677. The second-order valence-electron chi connectivity index (χ2n) is 5.79. The van der Waals surface area contributed by atoms with Crippen LogP contribution in [-0.4, -0.2) is 36.0 Å². The van der Waals surface area contributed by atoms with E-state index in [4.69, 9.17) is 0 Å². The molecule has 5 heteroatoms. The lowest BCUT2D eigenvalue weighted by atomic mass is 9.99. The largest absolute Gasteiger partial charge is 0.333 e. The van der Waals surface area contributed by atoms with Gasteiger partial charge in [-0.15, -0.1) is 0 Å². The van der Waals surface area contributed by atoms with Crippen LogP contribution in [0.5, 0.6) is 0 Å². The first-order valence-electron chi connectivity index (χ1n) is 7.92. The number of carbonyl (C=O) groups excluding carboxylic acids is 2. The van der Waals surface area contributed by atoms with E-state index in [9.17, 15) is 9.59 Å². The van der Waals surface area contributed by atoms with E-state index in [1.54, 1.807) is 11.1 Å². The molecule has 0 aromatic heterocycles. The zero-order chi connectivity index (χ0) is 16.8. The molecule has 1 fully saturated rings. The van der Waals surface area contributed by atoms with Crippen molar-refractivity contribution < 1.29 is 9.59 Å². The lowest BCUT2D eigenvalue weighted by molar-refractivity contribution is -0.133. The Kier molecular flexibility index (Phi) is 5.01. The first-order valence-corrected chi connectivity index (χ1v) is 7.92. The predicted molar refractivity (Wildman–Crippen MR) is 92.6 cm³/mol. The molecule has 0 bridgehead atoms. The minimum absolute atomic E-state index is 0.00559. The molecule has 1 aliphatic heterocycles. The van der Waals surface area contributed by atoms with E-state index < -0.39 is 0 Å². The molecule has 122 valence electrons. The molecule has 1 atom stereocenters. The third kappa shape index (κ3) is 4.07. The molecule has 2 aromatic carbocycles. The molecule has 1 heterocycles. The molecular formula is C19H19N3O2. The number of rotatable bonds is 5. The number of amides is 2. The van der Waals surface area contributed by atoms with E-state index in [1.807, 2.05) is 60.7 Å². The minimum atomic E-state index is -0.288. The zero-order valence-corrected chi connectivity index (χ0v) is 13.3. The van der Waals surface area contributed by atoms with Crippen LogP contribution < -0.4 is 5.43 Å². The monoisotopic (exact) mass is 321 g/mol. The summed E-state index contributed by atoms with van der Waals surface area (Å²) in [6.07, 6.45) is 2.03. The summed E-state index contributed by atoms with van der Waals surface area (Å²) in [6.45, 7) is 0.604. The van der Waals surface area contributed by atoms with Crippen molar-refractivity contribution in [2.24, 2.45) is 5.10 Å². The summed E-state index contributed by atoms with van der Waals surface area (Å²) < 4.78 is 0. The van der Waals surface area contributed by atoms with Crippen LogP contribution in [0.2, 0.25) is 0 Å². The van der Waals surface area contributed by atoms with Gasteiger partial charge in [0.2, 0.25) is 5.91 Å². The molecule has 0 aliphatic carbocycles. The molecule has 0 spiro atoms. The Hall–Kier alpha value is -2.95. The molecule has 5 nitrogen and oxygen atoms in total. The van der Waals surface area contributed by atoms with E-state index in [0.29, 0.717) is 13.0 Å². The highest BCUT2D eigenvalue weighted by Crippen LogP contribution is 2.27. The normalized spacial score (nSPS) is 17.4. The van der Waals surface area contributed by atoms with E-state index in [-0.39, 0.29) is 24.3 Å². The van der Waals surface area contributed by atoms with Crippen LogP contribution >= 0.6 is 0 Å². The summed E-state index contributed by atoms with van der Waals surface area (Å²) in [4.78, 5) is 25.6. The van der Waals surface area contributed by atoms with Gasteiger partial charge >= 0.3 is 0 Å². The molecular weight excluding hydrogens is 302 g/mol. The maximum atomic E-state index is 12.1. The topological polar surface area (TPSA) is 61.8 Å². The fourth-order valence-corrected chi connectivity index (χ4v) is 2.80. The van der Waals surface area contributed by atoms with Crippen molar-refractivity contribution in [1.82, 2.24) is 10.3 Å². The number of likely N-dealkylation sites (tertiary alicyclic amines) is 1. The molecule has 1 saturated heterocycles. The summed E-state index contributed by atoms with van der Waals surface area (Å²) in [5, 5.41) is 3.92. The van der Waals surface area contributed by atoms with Gasteiger partial charge in [0, 0.05) is 18.9 Å². The Morgan fingerprint density at radius 3 is 2.50 bits per heavy atom. The van der Waals surface area contributed by atoms with E-state index in [0.717, 1.165) is 11.1 Å². The average Bonchev–Trinajstić information content (AvgIpc) is 2.97. The Balaban J connectivity index is 1.51. The van der Waals surface area contributed by atoms with Crippen molar-refractivity contribution >= 4 is 18.0 Å². The molecule has 2 amide bonds. The Morgan fingerprint density at radius 1 is 1.12 bits per heavy atom. The van der Waals surface area contributed by atoms with Crippen molar-refractivity contribution in [2.45, 2.75) is 12.3 Å². The number of nitrogens with zero attached hydrogens (tertiary/aromatic N) is 2. The summed E-state index contributed by atoms with van der Waals surface area (Å²) in [5.41, 5.74) is 4.51. The first-order chi connectivity index (χ1) is 11.7. The third-order valence-corrected chi connectivity index (χ3v) is 4.02. The smallest absolute Gasteiger partial charge is 0.259 e. The van der Waals surface area contributed by atoms with Gasteiger partial charge in [0.15, 0.2) is 0 Å². The molecule has 0 radical (unpaired) electrons. The Labute approximate surface area is 141 Å². The number of hydrazone groups is 1. The van der Waals surface area contributed by atoms with Crippen LogP contribution in [0.15, 0.2) is 65.8 Å². The molecule has 3 rings (SSSR count). The van der Waals surface area contributed by atoms with E-state index in [1.165, 1.54) is 0 Å². The molecule has 1 N–H and O–H groups in total. The fraction of sp³-hybridized carbons (Fsp3) is 0.211. The molecule has 0 saturated carbocycles. The standard InChI is InChI=1S/C19H19N3O2/c23-18(21-20-12-15-7-3-1-4-8-15)14-22-13-17(11-19(22)24)16-9-5-2-6-10-16/h1-10,12,17H,11,13-14H2,(H,21,23)/b20-12-/t17-/m0/s1. The zero-order valence-electron chi connectivity index (χ0n) is 13.3. The van der Waals surface area contributed by atoms with Gasteiger partial charge < -0.3 is 4.90 Å². The van der Waals surface area contributed by atoms with Crippen LogP contribution in [0.1, 0.15) is 23.5 Å². The number of hydrogen-bond acceptors (Lipinski definition) is 3. The Morgan fingerprint density at radius 2 is 1.79 bits per heavy atom. The van der Waals surface area contributed by atoms with E-state index >= 15 is 0 Å². The van der Waals surface area contributed by atoms with Crippen LogP contribution in [0.4, 0.5) is 0 Å². The average molecular weight is 321 g/mol. The van der Waals surface area contributed by atoms with Crippen molar-refractivity contribution in [3.63, 3.8) is 0 Å². The SMILES string of the molecule is O=C(CN1C[C@@H](c2ccccc2)CC1=O)N/N=C\c1ccccc1. The number of benzene rings is 2. The summed E-state index contributed by atoms with van der Waals surface area (Å²) >= 11 is 0. The molecule has 0 unspecified atom stereocenters. The first kappa shape index (κ1) is 15.9. The van der Waals surface area contributed by atoms with Gasteiger partial charge in [0.1, 0.15) is 6.54 Å². The molecule has 2 aromatic rings. The van der Waals surface area contributed by atoms with Crippen LogP contribution in [0.3, 0.4) is 0 Å². The van der Waals surface area contributed by atoms with Gasteiger partial charge in [-0.05, 0) is 11.1 Å². The van der Waals surface area contributed by atoms with Crippen molar-refractivity contribution in [2.75, 3.05) is 13.1 Å². The second kappa shape index (κ2) is 7.55. The highest BCUT2D eigenvalue weighted by Gasteiger charge is 2.31. The fourth-order valence-electron chi connectivity index (χ4n) is 2.80. The lowest BCUT2D eigenvalue weighted by Gasteiger charge is -2.15. The van der Waals surface area contributed by atoms with Crippen molar-refractivity contribution in [1.29, 1.82) is 0 Å². The second-order valence-corrected chi connectivity index (χ2v) is 5.79. The van der Waals surface area contributed by atoms with Crippen LogP contribution in [-0.2, 0) is 9.59 Å². The highest BCUT2D eigenvalue weighted by molar-refractivity contribution is 5.87. The summed E-state index contributed by atoms with van der Waals surface area (Å²) in [7, 11) is 0. The van der Waals surface area contributed by atoms with Gasteiger partial charge in [-0.2, -0.15) is 5.10 Å². The van der Waals surface area contributed by atoms with E-state index in [2.05, 4.69) is 10.5 Å². The van der Waals surface area contributed by atoms with Crippen LogP contribution in [0.25, 0.3) is 0 Å². The summed E-state index contributed by atoms with van der Waals surface area (Å²) in [6, 6.07) is 19.4. The number of nitrogens with one attached hydrogen (secondary N) is 1. The minimum Gasteiger partial charge on any atom is -0.333 e. The highest BCUT2D eigenvalue weighted by atomic mass is 16.2. The van der Waals surface area contributed by atoms with Crippen molar-refractivity contribution in [3.05, 3.63) is 71.8 Å². The van der Waals surface area contributed by atoms with Gasteiger partial charge in [0.25, 0.3) is 5.91 Å².